The van der Waals surface area contributed by atoms with Crippen LogP contribution in [0.15, 0.2) is 35.2 Å². The van der Waals surface area contributed by atoms with Crippen molar-refractivity contribution in [3.8, 4) is 0 Å². The van der Waals surface area contributed by atoms with E-state index in [1.165, 1.54) is 38.5 Å². The Morgan fingerprint density at radius 3 is 2.12 bits per heavy atom. The molecule has 0 spiro atoms. The summed E-state index contributed by atoms with van der Waals surface area (Å²) in [5.41, 5.74) is 0.225. The largest absolute Gasteiger partial charge is 0.355 e. The highest BCUT2D eigenvalue weighted by molar-refractivity contribution is 7.89. The molecule has 0 aromatic heterocycles. The molecule has 4 fully saturated rings. The molecule has 1 aromatic carbocycles. The summed E-state index contributed by atoms with van der Waals surface area (Å²) in [6.07, 6.45) is 8.39. The molecule has 26 heavy (non-hydrogen) atoms. The molecule has 0 radical (unpaired) electrons. The van der Waals surface area contributed by atoms with E-state index in [2.05, 4.69) is 10.0 Å². The van der Waals surface area contributed by atoms with Gasteiger partial charge >= 0.3 is 0 Å². The maximum Gasteiger partial charge on any atom is 0.240 e. The number of sulfonamides is 1. The predicted molar refractivity (Wildman–Crippen MR) is 99.9 cm³/mol. The number of nitrogens with one attached hydrogen (secondary N) is 2. The third kappa shape index (κ3) is 3.81. The lowest BCUT2D eigenvalue weighted by molar-refractivity contribution is -0.129. The van der Waals surface area contributed by atoms with Gasteiger partial charge in [0.15, 0.2) is 0 Å². The van der Waals surface area contributed by atoms with Crippen molar-refractivity contribution in [3.63, 3.8) is 0 Å². The van der Waals surface area contributed by atoms with Crippen LogP contribution >= 0.6 is 0 Å². The van der Waals surface area contributed by atoms with Crippen LogP contribution in [0.5, 0.6) is 0 Å². The van der Waals surface area contributed by atoms with E-state index in [1.807, 2.05) is 0 Å². The first-order chi connectivity index (χ1) is 12.4. The third-order valence-electron chi connectivity index (χ3n) is 6.49. The van der Waals surface area contributed by atoms with Gasteiger partial charge in [-0.05, 0) is 73.8 Å². The molecule has 4 bridgehead atoms. The molecule has 0 saturated heterocycles. The summed E-state index contributed by atoms with van der Waals surface area (Å²) in [5.74, 6) is 2.59. The third-order valence-corrected chi connectivity index (χ3v) is 7.97. The molecular weight excluding hydrogens is 348 g/mol. The fraction of sp³-hybridized carbons (Fsp3) is 0.650. The van der Waals surface area contributed by atoms with Crippen LogP contribution in [0.3, 0.4) is 0 Å². The second-order valence-electron chi connectivity index (χ2n) is 8.66. The average molecular weight is 377 g/mol. The highest BCUT2D eigenvalue weighted by Crippen LogP contribution is 2.61. The van der Waals surface area contributed by atoms with Crippen LogP contribution in [0.1, 0.15) is 44.9 Å². The Hall–Kier alpha value is -1.40. The molecule has 0 unspecified atom stereocenters. The van der Waals surface area contributed by atoms with Crippen molar-refractivity contribution in [2.75, 3.05) is 13.1 Å². The summed E-state index contributed by atoms with van der Waals surface area (Å²) in [7, 11) is -3.50. The lowest BCUT2D eigenvalue weighted by Crippen LogP contribution is -2.48. The molecule has 1 aromatic rings. The van der Waals surface area contributed by atoms with Crippen LogP contribution < -0.4 is 10.0 Å². The monoisotopic (exact) mass is 376 g/mol. The van der Waals surface area contributed by atoms with Gasteiger partial charge in [0, 0.05) is 19.5 Å². The molecular formula is C20H28N2O3S. The van der Waals surface area contributed by atoms with Crippen LogP contribution in [0.25, 0.3) is 0 Å². The minimum atomic E-state index is -3.50. The van der Waals surface area contributed by atoms with Gasteiger partial charge in [0.05, 0.1) is 4.90 Å². The summed E-state index contributed by atoms with van der Waals surface area (Å²) in [6, 6.07) is 8.30. The van der Waals surface area contributed by atoms with Crippen LogP contribution in [-0.2, 0) is 14.8 Å². The molecule has 0 atom stereocenters. The summed E-state index contributed by atoms with van der Waals surface area (Å²) in [4.78, 5) is 12.7. The predicted octanol–water partition coefficient (Wildman–Crippen LogP) is 2.69. The van der Waals surface area contributed by atoms with E-state index in [0.717, 1.165) is 17.8 Å². The maximum absolute atomic E-state index is 12.4. The van der Waals surface area contributed by atoms with E-state index in [1.54, 1.807) is 30.3 Å². The summed E-state index contributed by atoms with van der Waals surface area (Å²) in [6.45, 7) is 0.543. The standard InChI is InChI=1S/C20H28N2O3S/c23-19(14-20-11-15-8-16(12-20)10-17(9-15)13-20)21-6-7-22-26(24,25)18-4-2-1-3-5-18/h1-5,15-17,22H,6-14H2,(H,21,23). The number of hydrogen-bond acceptors (Lipinski definition) is 3. The van der Waals surface area contributed by atoms with E-state index in [0.29, 0.717) is 13.0 Å². The molecule has 4 aliphatic carbocycles. The summed E-state index contributed by atoms with van der Waals surface area (Å²) in [5, 5.41) is 2.92. The summed E-state index contributed by atoms with van der Waals surface area (Å²) >= 11 is 0. The first-order valence-corrected chi connectivity index (χ1v) is 11.2. The molecule has 5 rings (SSSR count). The molecule has 142 valence electrons. The first kappa shape index (κ1) is 18.0. The Bertz CT molecular complexity index is 725. The minimum Gasteiger partial charge on any atom is -0.355 e. The molecule has 2 N–H and O–H groups in total. The van der Waals surface area contributed by atoms with Gasteiger partial charge in [0.1, 0.15) is 0 Å². The molecule has 4 aliphatic rings. The van der Waals surface area contributed by atoms with E-state index >= 15 is 0 Å². The van der Waals surface area contributed by atoms with Crippen LogP contribution in [-0.4, -0.2) is 27.4 Å². The fourth-order valence-corrected chi connectivity index (χ4v) is 7.03. The normalized spacial score (nSPS) is 32.5. The Kier molecular flexibility index (Phi) is 4.82. The smallest absolute Gasteiger partial charge is 0.240 e. The van der Waals surface area contributed by atoms with Crippen molar-refractivity contribution in [1.29, 1.82) is 0 Å². The number of rotatable bonds is 7. The minimum absolute atomic E-state index is 0.0749. The quantitative estimate of drug-likeness (QED) is 0.719. The Balaban J connectivity index is 1.24. The molecule has 4 saturated carbocycles. The fourth-order valence-electron chi connectivity index (χ4n) is 5.98. The van der Waals surface area contributed by atoms with Gasteiger partial charge in [-0.2, -0.15) is 0 Å². The maximum atomic E-state index is 12.4. The van der Waals surface area contributed by atoms with Crippen molar-refractivity contribution in [3.05, 3.63) is 30.3 Å². The average Bonchev–Trinajstić information content (AvgIpc) is 2.58. The molecule has 0 aliphatic heterocycles. The lowest BCUT2D eigenvalue weighted by Gasteiger charge is -2.56. The van der Waals surface area contributed by atoms with E-state index in [4.69, 9.17) is 0 Å². The Labute approximate surface area is 156 Å². The van der Waals surface area contributed by atoms with Crippen LogP contribution in [0, 0.1) is 23.2 Å². The lowest BCUT2D eigenvalue weighted by atomic mass is 9.49. The van der Waals surface area contributed by atoms with Crippen molar-refractivity contribution >= 4 is 15.9 Å². The number of amides is 1. The van der Waals surface area contributed by atoms with Gasteiger partial charge in [-0.1, -0.05) is 18.2 Å². The van der Waals surface area contributed by atoms with Gasteiger partial charge in [0.2, 0.25) is 15.9 Å². The highest BCUT2D eigenvalue weighted by Gasteiger charge is 2.51. The van der Waals surface area contributed by atoms with Gasteiger partial charge in [0.25, 0.3) is 0 Å². The number of carbonyl (C=O) groups is 1. The van der Waals surface area contributed by atoms with E-state index in [-0.39, 0.29) is 22.8 Å². The Morgan fingerprint density at radius 1 is 0.962 bits per heavy atom. The van der Waals surface area contributed by atoms with Crippen molar-refractivity contribution < 1.29 is 13.2 Å². The van der Waals surface area contributed by atoms with Crippen molar-refractivity contribution in [2.45, 2.75) is 49.8 Å². The molecule has 0 heterocycles. The van der Waals surface area contributed by atoms with Gasteiger partial charge in [-0.25, -0.2) is 13.1 Å². The molecule has 6 heteroatoms. The van der Waals surface area contributed by atoms with Gasteiger partial charge in [-0.15, -0.1) is 0 Å². The molecule has 1 amide bonds. The van der Waals surface area contributed by atoms with Gasteiger partial charge < -0.3 is 5.32 Å². The zero-order chi connectivity index (χ0) is 18.2. The zero-order valence-corrected chi connectivity index (χ0v) is 15.9. The second kappa shape index (κ2) is 6.97. The first-order valence-electron chi connectivity index (χ1n) is 9.76. The van der Waals surface area contributed by atoms with E-state index < -0.39 is 10.0 Å². The topological polar surface area (TPSA) is 75.3 Å². The van der Waals surface area contributed by atoms with Crippen molar-refractivity contribution in [1.82, 2.24) is 10.0 Å². The number of carbonyl (C=O) groups excluding carboxylic acids is 1. The van der Waals surface area contributed by atoms with Crippen LogP contribution in [0.2, 0.25) is 0 Å². The summed E-state index contributed by atoms with van der Waals surface area (Å²) < 4.78 is 26.9. The van der Waals surface area contributed by atoms with Crippen LogP contribution in [0.4, 0.5) is 0 Å². The van der Waals surface area contributed by atoms with Crippen molar-refractivity contribution in [2.24, 2.45) is 23.2 Å². The second-order valence-corrected chi connectivity index (χ2v) is 10.4. The number of benzene rings is 1. The zero-order valence-electron chi connectivity index (χ0n) is 15.1. The number of hydrogen-bond donors (Lipinski definition) is 2. The molecule has 5 nitrogen and oxygen atoms in total. The van der Waals surface area contributed by atoms with E-state index in [9.17, 15) is 13.2 Å². The highest BCUT2D eigenvalue weighted by atomic mass is 32.2. The SMILES string of the molecule is O=C(CC12CC3CC(CC(C3)C1)C2)NCCNS(=O)(=O)c1ccccc1. The Morgan fingerprint density at radius 2 is 1.54 bits per heavy atom. The van der Waals surface area contributed by atoms with Gasteiger partial charge in [-0.3, -0.25) is 4.79 Å².